The van der Waals surface area contributed by atoms with E-state index in [0.717, 1.165) is 24.9 Å². The molecule has 1 aromatic rings. The molecule has 1 atom stereocenters. The number of benzene rings is 1. The van der Waals surface area contributed by atoms with Gasteiger partial charge in [-0.25, -0.2) is 13.1 Å². The summed E-state index contributed by atoms with van der Waals surface area (Å²) in [5.41, 5.74) is 1.15. The molecule has 1 aromatic carbocycles. The fourth-order valence-electron chi connectivity index (χ4n) is 2.27. The lowest BCUT2D eigenvalue weighted by molar-refractivity contribution is 0.428. The highest BCUT2D eigenvalue weighted by Crippen LogP contribution is 2.18. The van der Waals surface area contributed by atoms with Gasteiger partial charge in [-0.05, 0) is 43.0 Å². The number of piperidine rings is 1. The maximum absolute atomic E-state index is 12.2. The lowest BCUT2D eigenvalue weighted by Crippen LogP contribution is -2.45. The molecule has 20 heavy (non-hydrogen) atoms. The third-order valence-electron chi connectivity index (χ3n) is 3.48. The first-order valence-electron chi connectivity index (χ1n) is 6.82. The molecule has 6 heteroatoms. The maximum Gasteiger partial charge on any atom is 0.240 e. The van der Waals surface area contributed by atoms with Gasteiger partial charge in [0, 0.05) is 12.6 Å². The zero-order chi connectivity index (χ0) is 13.9. The molecule has 0 amide bonds. The quantitative estimate of drug-likeness (QED) is 0.895. The fraction of sp³-hybridized carbons (Fsp3) is 0.571. The normalized spacial score (nSPS) is 19.6. The number of rotatable bonds is 4. The predicted octanol–water partition coefficient (Wildman–Crippen LogP) is 2.26. The van der Waals surface area contributed by atoms with Gasteiger partial charge in [0.15, 0.2) is 0 Å². The summed E-state index contributed by atoms with van der Waals surface area (Å²) in [6.45, 7) is 5.87. The van der Waals surface area contributed by atoms with Gasteiger partial charge in [-0.1, -0.05) is 26.0 Å². The van der Waals surface area contributed by atoms with Gasteiger partial charge in [-0.2, -0.15) is 0 Å². The van der Waals surface area contributed by atoms with Crippen molar-refractivity contribution in [3.8, 4) is 0 Å². The van der Waals surface area contributed by atoms with E-state index in [4.69, 9.17) is 0 Å². The van der Waals surface area contributed by atoms with Gasteiger partial charge < -0.3 is 5.32 Å². The van der Waals surface area contributed by atoms with Gasteiger partial charge >= 0.3 is 0 Å². The van der Waals surface area contributed by atoms with Crippen molar-refractivity contribution in [2.24, 2.45) is 0 Å². The second kappa shape index (κ2) is 7.41. The van der Waals surface area contributed by atoms with Crippen LogP contribution in [0.3, 0.4) is 0 Å². The zero-order valence-corrected chi connectivity index (χ0v) is 13.6. The third kappa shape index (κ3) is 4.45. The van der Waals surface area contributed by atoms with Crippen LogP contribution in [0.2, 0.25) is 0 Å². The molecule has 0 spiro atoms. The molecule has 1 aliphatic rings. The Morgan fingerprint density at radius 3 is 2.40 bits per heavy atom. The summed E-state index contributed by atoms with van der Waals surface area (Å²) in [6, 6.07) is 7.15. The molecular weight excluding hydrogens is 296 g/mol. The van der Waals surface area contributed by atoms with E-state index in [1.807, 2.05) is 12.1 Å². The largest absolute Gasteiger partial charge is 0.315 e. The van der Waals surface area contributed by atoms with Gasteiger partial charge in [0.1, 0.15) is 0 Å². The Balaban J connectivity index is 0.00000200. The van der Waals surface area contributed by atoms with E-state index in [1.165, 1.54) is 0 Å². The molecule has 114 valence electrons. The molecule has 0 bridgehead atoms. The molecule has 1 saturated heterocycles. The summed E-state index contributed by atoms with van der Waals surface area (Å²) in [4.78, 5) is 0.350. The summed E-state index contributed by atoms with van der Waals surface area (Å²) in [5, 5.41) is 3.21. The third-order valence-corrected chi connectivity index (χ3v) is 5.01. The number of hydrogen-bond donors (Lipinski definition) is 2. The van der Waals surface area contributed by atoms with Crippen molar-refractivity contribution in [2.45, 2.75) is 43.5 Å². The summed E-state index contributed by atoms with van der Waals surface area (Å²) < 4.78 is 27.3. The van der Waals surface area contributed by atoms with Gasteiger partial charge in [-0.15, -0.1) is 12.4 Å². The number of sulfonamides is 1. The van der Waals surface area contributed by atoms with Gasteiger partial charge in [0.25, 0.3) is 0 Å². The van der Waals surface area contributed by atoms with Crippen molar-refractivity contribution < 1.29 is 8.42 Å². The van der Waals surface area contributed by atoms with E-state index < -0.39 is 10.0 Å². The first kappa shape index (κ1) is 17.4. The predicted molar refractivity (Wildman–Crippen MR) is 84.0 cm³/mol. The molecule has 0 radical (unpaired) electrons. The van der Waals surface area contributed by atoms with Crippen LogP contribution >= 0.6 is 12.4 Å². The Kier molecular flexibility index (Phi) is 6.45. The molecule has 1 heterocycles. The van der Waals surface area contributed by atoms with Crippen molar-refractivity contribution in [3.63, 3.8) is 0 Å². The van der Waals surface area contributed by atoms with Crippen LogP contribution in [0.1, 0.15) is 38.2 Å². The Morgan fingerprint density at radius 1 is 1.25 bits per heavy atom. The van der Waals surface area contributed by atoms with Crippen LogP contribution in [0.5, 0.6) is 0 Å². The Labute approximate surface area is 127 Å². The minimum absolute atomic E-state index is 0. The average Bonchev–Trinajstić information content (AvgIpc) is 2.39. The lowest BCUT2D eigenvalue weighted by atomic mass is 10.0. The zero-order valence-electron chi connectivity index (χ0n) is 11.9. The van der Waals surface area contributed by atoms with Crippen LogP contribution in [0, 0.1) is 0 Å². The van der Waals surface area contributed by atoms with E-state index in [1.54, 1.807) is 12.1 Å². The summed E-state index contributed by atoms with van der Waals surface area (Å²) in [7, 11) is -3.39. The molecule has 2 N–H and O–H groups in total. The van der Waals surface area contributed by atoms with Gasteiger partial charge in [0.2, 0.25) is 10.0 Å². The second-order valence-electron chi connectivity index (χ2n) is 5.39. The van der Waals surface area contributed by atoms with E-state index in [0.29, 0.717) is 17.4 Å². The Morgan fingerprint density at radius 2 is 1.90 bits per heavy atom. The van der Waals surface area contributed by atoms with Crippen molar-refractivity contribution >= 4 is 22.4 Å². The highest BCUT2D eigenvalue weighted by atomic mass is 35.5. The van der Waals surface area contributed by atoms with Crippen LogP contribution in [0.4, 0.5) is 0 Å². The Hall–Kier alpha value is -0.620. The average molecular weight is 319 g/mol. The van der Waals surface area contributed by atoms with Crippen LogP contribution in [0.15, 0.2) is 29.2 Å². The van der Waals surface area contributed by atoms with Gasteiger partial charge in [-0.3, -0.25) is 0 Å². The fourth-order valence-corrected chi connectivity index (χ4v) is 3.54. The van der Waals surface area contributed by atoms with Crippen LogP contribution in [0.25, 0.3) is 0 Å². The topological polar surface area (TPSA) is 58.2 Å². The first-order chi connectivity index (χ1) is 8.99. The minimum atomic E-state index is -3.39. The van der Waals surface area contributed by atoms with Crippen molar-refractivity contribution in [2.75, 3.05) is 13.1 Å². The molecule has 4 nitrogen and oxygen atoms in total. The summed E-state index contributed by atoms with van der Waals surface area (Å²) >= 11 is 0. The van der Waals surface area contributed by atoms with Crippen molar-refractivity contribution in [3.05, 3.63) is 29.8 Å². The van der Waals surface area contributed by atoms with E-state index in [2.05, 4.69) is 23.9 Å². The van der Waals surface area contributed by atoms with Crippen molar-refractivity contribution in [1.82, 2.24) is 10.0 Å². The summed E-state index contributed by atoms with van der Waals surface area (Å²) in [6.07, 6.45) is 1.91. The van der Waals surface area contributed by atoms with E-state index in [-0.39, 0.29) is 18.4 Å². The number of nitrogens with one attached hydrogen (secondary N) is 2. The Bertz CT molecular complexity index is 508. The molecule has 2 rings (SSSR count). The molecule has 0 aliphatic carbocycles. The monoisotopic (exact) mass is 318 g/mol. The second-order valence-corrected chi connectivity index (χ2v) is 7.10. The molecule has 1 aliphatic heterocycles. The highest BCUT2D eigenvalue weighted by molar-refractivity contribution is 7.89. The minimum Gasteiger partial charge on any atom is -0.315 e. The standard InChI is InChI=1S/C14H22N2O2S.ClH/c1-11(2)12-5-7-14(8-6-12)19(17,18)16-13-4-3-9-15-10-13;/h5-8,11,13,15-16H,3-4,9-10H2,1-2H3;1H. The van der Waals surface area contributed by atoms with Crippen LogP contribution in [-0.2, 0) is 10.0 Å². The molecule has 1 fully saturated rings. The van der Waals surface area contributed by atoms with E-state index >= 15 is 0 Å². The molecule has 0 saturated carbocycles. The van der Waals surface area contributed by atoms with Crippen molar-refractivity contribution in [1.29, 1.82) is 0 Å². The van der Waals surface area contributed by atoms with Gasteiger partial charge in [0.05, 0.1) is 4.90 Å². The van der Waals surface area contributed by atoms with E-state index in [9.17, 15) is 8.42 Å². The molecule has 1 unspecified atom stereocenters. The number of hydrogen-bond acceptors (Lipinski definition) is 3. The van der Waals surface area contributed by atoms with Crippen LogP contribution < -0.4 is 10.0 Å². The first-order valence-corrected chi connectivity index (χ1v) is 8.30. The molecule has 0 aromatic heterocycles. The van der Waals surface area contributed by atoms with Crippen LogP contribution in [-0.4, -0.2) is 27.5 Å². The maximum atomic E-state index is 12.2. The lowest BCUT2D eigenvalue weighted by Gasteiger charge is -2.23. The molecular formula is C14H23ClN2O2S. The summed E-state index contributed by atoms with van der Waals surface area (Å²) in [5.74, 6) is 0.409. The highest BCUT2D eigenvalue weighted by Gasteiger charge is 2.21. The SMILES string of the molecule is CC(C)c1ccc(S(=O)(=O)NC2CCCNC2)cc1.Cl. The number of halogens is 1. The smallest absolute Gasteiger partial charge is 0.240 e.